The van der Waals surface area contributed by atoms with E-state index in [1.165, 1.54) is 14.0 Å². The number of hydrogen-bond donors (Lipinski definition) is 2. The number of piperidine rings is 1. The van der Waals surface area contributed by atoms with Gasteiger partial charge in [0.1, 0.15) is 12.1 Å². The summed E-state index contributed by atoms with van der Waals surface area (Å²) in [6.45, 7) is 3.70. The minimum Gasteiger partial charge on any atom is -0.467 e. The molecule has 2 heterocycles. The molecule has 34 heavy (non-hydrogen) atoms. The van der Waals surface area contributed by atoms with Crippen molar-refractivity contribution in [3.63, 3.8) is 0 Å². The fourth-order valence-corrected chi connectivity index (χ4v) is 4.39. The highest BCUT2D eigenvalue weighted by molar-refractivity contribution is 5.96. The summed E-state index contributed by atoms with van der Waals surface area (Å²) in [6.07, 6.45) is 1.42. The molecule has 2 aliphatic rings. The van der Waals surface area contributed by atoms with Crippen LogP contribution in [0.15, 0.2) is 24.3 Å². The fourth-order valence-electron chi connectivity index (χ4n) is 4.39. The van der Waals surface area contributed by atoms with Gasteiger partial charge in [-0.25, -0.2) is 4.79 Å². The third-order valence-electron chi connectivity index (χ3n) is 6.49. The van der Waals surface area contributed by atoms with Gasteiger partial charge in [-0.05, 0) is 57.1 Å². The van der Waals surface area contributed by atoms with Crippen LogP contribution < -0.4 is 15.5 Å². The number of carbonyl (C=O) groups is 4. The van der Waals surface area contributed by atoms with E-state index in [4.69, 9.17) is 4.74 Å². The van der Waals surface area contributed by atoms with E-state index >= 15 is 0 Å². The summed E-state index contributed by atoms with van der Waals surface area (Å²) in [4.78, 5) is 56.6. The predicted molar refractivity (Wildman–Crippen MR) is 127 cm³/mol. The molecule has 2 saturated heterocycles. The lowest BCUT2D eigenvalue weighted by molar-refractivity contribution is -0.149. The Morgan fingerprint density at radius 1 is 1.09 bits per heavy atom. The normalized spacial score (nSPS) is 19.8. The van der Waals surface area contributed by atoms with Crippen LogP contribution >= 0.6 is 0 Å². The van der Waals surface area contributed by atoms with Crippen LogP contribution in [0.25, 0.3) is 0 Å². The van der Waals surface area contributed by atoms with Crippen molar-refractivity contribution in [1.82, 2.24) is 20.4 Å². The van der Waals surface area contributed by atoms with Crippen molar-refractivity contribution >= 4 is 29.4 Å². The molecule has 3 amide bonds. The minimum absolute atomic E-state index is 0.0602. The number of rotatable bonds is 6. The number of esters is 1. The third-order valence-corrected chi connectivity index (χ3v) is 6.49. The molecule has 2 N–H and O–H groups in total. The van der Waals surface area contributed by atoms with Gasteiger partial charge in [0, 0.05) is 44.4 Å². The largest absolute Gasteiger partial charge is 0.467 e. The molecule has 0 bridgehead atoms. The Morgan fingerprint density at radius 3 is 2.32 bits per heavy atom. The van der Waals surface area contributed by atoms with E-state index in [0.717, 1.165) is 18.8 Å². The Hall–Kier alpha value is -3.14. The highest BCUT2D eigenvalue weighted by Gasteiger charge is 2.40. The zero-order valence-electron chi connectivity index (χ0n) is 20.4. The Kier molecular flexibility index (Phi) is 8.49. The average molecular weight is 474 g/mol. The van der Waals surface area contributed by atoms with Gasteiger partial charge in [0.2, 0.25) is 11.8 Å². The number of piperazine rings is 1. The fraction of sp³-hybridized carbons (Fsp3) is 0.583. The first-order valence-electron chi connectivity index (χ1n) is 11.7. The van der Waals surface area contributed by atoms with Gasteiger partial charge in [0.15, 0.2) is 0 Å². The van der Waals surface area contributed by atoms with Crippen molar-refractivity contribution in [2.75, 3.05) is 58.8 Å². The van der Waals surface area contributed by atoms with Crippen LogP contribution in [-0.4, -0.2) is 99.5 Å². The standard InChI is InChI=1S/C24H35N5O5/c1-16(24(33)34-4)26-21(30)20-15-28(22(31)17-5-7-19(8-6-17)27(2)3)13-14-29(20)23(32)18-9-11-25-12-10-18/h5-8,16,18,20,25H,9-15H2,1-4H3,(H,26,30). The van der Waals surface area contributed by atoms with Crippen molar-refractivity contribution in [2.45, 2.75) is 31.8 Å². The Bertz CT molecular complexity index is 898. The molecule has 0 spiro atoms. The number of carbonyl (C=O) groups excluding carboxylic acids is 4. The molecule has 2 aliphatic heterocycles. The average Bonchev–Trinajstić information content (AvgIpc) is 2.87. The summed E-state index contributed by atoms with van der Waals surface area (Å²) in [5.41, 5.74) is 1.49. The van der Waals surface area contributed by atoms with Gasteiger partial charge in [-0.3, -0.25) is 14.4 Å². The smallest absolute Gasteiger partial charge is 0.328 e. The first-order chi connectivity index (χ1) is 16.2. The highest BCUT2D eigenvalue weighted by Crippen LogP contribution is 2.22. The van der Waals surface area contributed by atoms with Crippen LogP contribution in [0.5, 0.6) is 0 Å². The maximum absolute atomic E-state index is 13.3. The number of ether oxygens (including phenoxy) is 1. The van der Waals surface area contributed by atoms with E-state index < -0.39 is 24.0 Å². The summed E-state index contributed by atoms with van der Waals surface area (Å²) in [7, 11) is 5.10. The highest BCUT2D eigenvalue weighted by atomic mass is 16.5. The van der Waals surface area contributed by atoms with Crippen LogP contribution in [-0.2, 0) is 19.1 Å². The first-order valence-corrected chi connectivity index (χ1v) is 11.7. The zero-order valence-corrected chi connectivity index (χ0v) is 20.4. The monoisotopic (exact) mass is 473 g/mol. The lowest BCUT2D eigenvalue weighted by atomic mass is 9.95. The van der Waals surface area contributed by atoms with E-state index in [1.807, 2.05) is 31.1 Å². The van der Waals surface area contributed by atoms with E-state index in [0.29, 0.717) is 24.9 Å². The topological polar surface area (TPSA) is 111 Å². The van der Waals surface area contributed by atoms with Gasteiger partial charge in [0.25, 0.3) is 5.91 Å². The molecule has 0 saturated carbocycles. The maximum atomic E-state index is 13.3. The lowest BCUT2D eigenvalue weighted by Gasteiger charge is -2.42. The lowest BCUT2D eigenvalue weighted by Crippen LogP contribution is -2.63. The van der Waals surface area contributed by atoms with Gasteiger partial charge in [-0.15, -0.1) is 0 Å². The molecular formula is C24H35N5O5. The van der Waals surface area contributed by atoms with Crippen LogP contribution in [0, 0.1) is 5.92 Å². The summed E-state index contributed by atoms with van der Waals surface area (Å²) in [5.74, 6) is -1.47. The van der Waals surface area contributed by atoms with Crippen LogP contribution in [0.1, 0.15) is 30.1 Å². The third kappa shape index (κ3) is 5.85. The quantitative estimate of drug-likeness (QED) is 0.563. The number of methoxy groups -OCH3 is 1. The molecule has 0 aromatic heterocycles. The number of hydrogen-bond acceptors (Lipinski definition) is 7. The molecule has 186 valence electrons. The second kappa shape index (κ2) is 11.3. The van der Waals surface area contributed by atoms with Crippen LogP contribution in [0.4, 0.5) is 5.69 Å². The summed E-state index contributed by atoms with van der Waals surface area (Å²) in [5, 5.41) is 5.89. The summed E-state index contributed by atoms with van der Waals surface area (Å²) >= 11 is 0. The van der Waals surface area contributed by atoms with Gasteiger partial charge in [-0.1, -0.05) is 0 Å². The number of amides is 3. The molecule has 10 heteroatoms. The maximum Gasteiger partial charge on any atom is 0.328 e. The Morgan fingerprint density at radius 2 is 1.74 bits per heavy atom. The summed E-state index contributed by atoms with van der Waals surface area (Å²) in [6, 6.07) is 5.52. The van der Waals surface area contributed by atoms with Crippen LogP contribution in [0.2, 0.25) is 0 Å². The molecule has 1 aromatic rings. The van der Waals surface area contributed by atoms with Crippen molar-refractivity contribution in [3.05, 3.63) is 29.8 Å². The molecule has 1 aromatic carbocycles. The zero-order chi connectivity index (χ0) is 24.8. The van der Waals surface area contributed by atoms with Gasteiger partial charge < -0.3 is 30.1 Å². The molecular weight excluding hydrogens is 438 g/mol. The molecule has 2 unspecified atom stereocenters. The van der Waals surface area contributed by atoms with Gasteiger partial charge in [0.05, 0.1) is 13.7 Å². The first kappa shape index (κ1) is 25.5. The number of benzene rings is 1. The van der Waals surface area contributed by atoms with E-state index in [-0.39, 0.29) is 30.8 Å². The molecule has 2 atom stereocenters. The second-order valence-corrected chi connectivity index (χ2v) is 9.02. The Labute approximate surface area is 200 Å². The van der Waals surface area contributed by atoms with Gasteiger partial charge in [-0.2, -0.15) is 0 Å². The Balaban J connectivity index is 1.78. The molecule has 0 aliphatic carbocycles. The van der Waals surface area contributed by atoms with Crippen molar-refractivity contribution in [3.8, 4) is 0 Å². The van der Waals surface area contributed by atoms with E-state index in [1.54, 1.807) is 21.9 Å². The number of nitrogens with zero attached hydrogens (tertiary/aromatic N) is 3. The van der Waals surface area contributed by atoms with E-state index in [9.17, 15) is 19.2 Å². The second-order valence-electron chi connectivity index (χ2n) is 9.02. The molecule has 3 rings (SSSR count). The van der Waals surface area contributed by atoms with Crippen LogP contribution in [0.3, 0.4) is 0 Å². The number of nitrogens with one attached hydrogen (secondary N) is 2. The van der Waals surface area contributed by atoms with Gasteiger partial charge >= 0.3 is 5.97 Å². The minimum atomic E-state index is -0.881. The van der Waals surface area contributed by atoms with Crippen molar-refractivity contribution in [2.24, 2.45) is 5.92 Å². The van der Waals surface area contributed by atoms with E-state index in [2.05, 4.69) is 10.6 Å². The van der Waals surface area contributed by atoms with Crippen molar-refractivity contribution < 1.29 is 23.9 Å². The SMILES string of the molecule is COC(=O)C(C)NC(=O)C1CN(C(=O)c2ccc(N(C)C)cc2)CCN1C(=O)C1CCNCC1. The predicted octanol–water partition coefficient (Wildman–Crippen LogP) is 0.0829. The summed E-state index contributed by atoms with van der Waals surface area (Å²) < 4.78 is 4.70. The number of anilines is 1. The van der Waals surface area contributed by atoms with Crippen molar-refractivity contribution in [1.29, 1.82) is 0 Å². The molecule has 2 fully saturated rings. The molecule has 10 nitrogen and oxygen atoms in total. The molecule has 0 radical (unpaired) electrons.